The molecule has 0 atom stereocenters. The van der Waals surface area contributed by atoms with Crippen LogP contribution in [0.4, 0.5) is 18.0 Å². The molecule has 1 spiro atoms. The van der Waals surface area contributed by atoms with Crippen molar-refractivity contribution in [2.75, 3.05) is 26.2 Å². The molecule has 0 bridgehead atoms. The maximum atomic E-state index is 12.7. The molecule has 2 aliphatic heterocycles. The number of rotatable bonds is 6. The Hall–Kier alpha value is -2.82. The Morgan fingerprint density at radius 3 is 2.44 bits per heavy atom. The van der Waals surface area contributed by atoms with Crippen LogP contribution in [0.2, 0.25) is 0 Å². The topological polar surface area (TPSA) is 83.6 Å². The molecule has 2 amide bonds. The van der Waals surface area contributed by atoms with Gasteiger partial charge in [0.1, 0.15) is 11.6 Å². The average molecular weight is 477 g/mol. The van der Waals surface area contributed by atoms with Crippen LogP contribution in [-0.4, -0.2) is 69.7 Å². The normalized spacial score (nSPS) is 22.3. The summed E-state index contributed by atoms with van der Waals surface area (Å²) in [5.74, 6) is 2.68. The van der Waals surface area contributed by atoms with E-state index in [1.54, 1.807) is 17.0 Å². The number of carbonyl (C=O) groups excluding carboxylic acids is 1. The molecule has 0 unspecified atom stereocenters. The van der Waals surface area contributed by atoms with E-state index in [2.05, 4.69) is 19.9 Å². The number of alkyl halides is 3. The molecule has 8 nitrogen and oxygen atoms in total. The number of amides is 2. The molecule has 2 saturated carbocycles. The minimum Gasteiger partial charge on any atom is -0.406 e. The Balaban J connectivity index is 0.895. The van der Waals surface area contributed by atoms with Crippen LogP contribution in [0.1, 0.15) is 54.7 Å². The molecule has 0 radical (unpaired) electrons. The lowest BCUT2D eigenvalue weighted by Crippen LogP contribution is -2.68. The van der Waals surface area contributed by atoms with Crippen molar-refractivity contribution in [3.63, 3.8) is 0 Å². The van der Waals surface area contributed by atoms with Crippen LogP contribution in [0.3, 0.4) is 0 Å². The molecular weight excluding hydrogens is 451 g/mol. The number of nitrogens with one attached hydrogen (secondary N) is 1. The number of halogens is 3. The van der Waals surface area contributed by atoms with Crippen LogP contribution < -0.4 is 4.74 Å². The molecule has 11 heteroatoms. The van der Waals surface area contributed by atoms with Crippen molar-refractivity contribution >= 4 is 6.03 Å². The molecule has 4 fully saturated rings. The lowest BCUT2D eigenvalue weighted by molar-refractivity contribution is -0.274. The van der Waals surface area contributed by atoms with Crippen LogP contribution >= 0.6 is 0 Å². The second-order valence-corrected chi connectivity index (χ2v) is 10.1. The number of hydrogen-bond acceptors (Lipinski definition) is 5. The van der Waals surface area contributed by atoms with Gasteiger partial charge in [-0.25, -0.2) is 9.78 Å². The summed E-state index contributed by atoms with van der Waals surface area (Å²) in [4.78, 5) is 21.1. The lowest BCUT2D eigenvalue weighted by Gasteiger charge is -2.59. The van der Waals surface area contributed by atoms with E-state index in [0.29, 0.717) is 24.9 Å². The molecule has 1 aromatic heterocycles. The van der Waals surface area contributed by atoms with Crippen LogP contribution in [0.25, 0.3) is 0 Å². The summed E-state index contributed by atoms with van der Waals surface area (Å²) in [6.07, 6.45) is -0.279. The monoisotopic (exact) mass is 477 g/mol. The summed E-state index contributed by atoms with van der Waals surface area (Å²) in [5.41, 5.74) is 0.975. The van der Waals surface area contributed by atoms with Crippen molar-refractivity contribution in [2.45, 2.75) is 56.6 Å². The standard InChI is InChI=1S/C23H26F3N5O3/c24-23(25,26)34-17-5-1-14(2-6-17)11-33-18-9-30(10-18)21(32)31-12-22(13-31)7-16(8-22)20-27-19(28-29-20)15-3-4-15/h1-2,5-6,15-16,18H,3-4,7-13H2,(H,27,28,29). The second-order valence-electron chi connectivity index (χ2n) is 10.1. The number of likely N-dealkylation sites (tertiary alicyclic amines) is 2. The van der Waals surface area contributed by atoms with E-state index in [1.807, 2.05) is 4.90 Å². The quantitative estimate of drug-likeness (QED) is 0.685. The number of aromatic nitrogens is 3. The Kier molecular flexibility index (Phi) is 5.02. The van der Waals surface area contributed by atoms with Crippen molar-refractivity contribution in [3.8, 4) is 5.75 Å². The third kappa shape index (κ3) is 4.33. The zero-order valence-corrected chi connectivity index (χ0v) is 18.6. The van der Waals surface area contributed by atoms with E-state index >= 15 is 0 Å². The number of urea groups is 1. The summed E-state index contributed by atoms with van der Waals surface area (Å²) in [5, 5.41) is 7.49. The Morgan fingerprint density at radius 2 is 1.79 bits per heavy atom. The fourth-order valence-corrected chi connectivity index (χ4v) is 5.24. The zero-order chi connectivity index (χ0) is 23.5. The minimum atomic E-state index is -4.70. The van der Waals surface area contributed by atoms with Crippen molar-refractivity contribution < 1.29 is 27.4 Å². The first kappa shape index (κ1) is 21.7. The van der Waals surface area contributed by atoms with Crippen LogP contribution in [-0.2, 0) is 11.3 Å². The fraction of sp³-hybridized carbons (Fsp3) is 0.609. The zero-order valence-electron chi connectivity index (χ0n) is 18.6. The smallest absolute Gasteiger partial charge is 0.406 e. The van der Waals surface area contributed by atoms with E-state index in [-0.39, 0.29) is 29.9 Å². The molecule has 3 heterocycles. The van der Waals surface area contributed by atoms with Gasteiger partial charge in [0.05, 0.1) is 25.8 Å². The highest BCUT2D eigenvalue weighted by Gasteiger charge is 2.56. The molecule has 2 saturated heterocycles. The second kappa shape index (κ2) is 7.86. The number of benzene rings is 1. The van der Waals surface area contributed by atoms with Gasteiger partial charge in [-0.05, 0) is 43.4 Å². The van der Waals surface area contributed by atoms with Gasteiger partial charge in [0.15, 0.2) is 5.82 Å². The molecular formula is C23H26F3N5O3. The summed E-state index contributed by atoms with van der Waals surface area (Å²) in [6, 6.07) is 5.67. The van der Waals surface area contributed by atoms with Gasteiger partial charge in [-0.2, -0.15) is 5.10 Å². The van der Waals surface area contributed by atoms with Crippen molar-refractivity contribution in [2.24, 2.45) is 5.41 Å². The third-order valence-electron chi connectivity index (χ3n) is 7.29. The van der Waals surface area contributed by atoms with Gasteiger partial charge in [-0.3, -0.25) is 5.10 Å². The van der Waals surface area contributed by atoms with E-state index < -0.39 is 6.36 Å². The minimum absolute atomic E-state index is 0.0523. The number of nitrogens with zero attached hydrogens (tertiary/aromatic N) is 4. The molecule has 1 aromatic carbocycles. The van der Waals surface area contributed by atoms with E-state index in [4.69, 9.17) is 4.74 Å². The predicted octanol–water partition coefficient (Wildman–Crippen LogP) is 3.78. The highest BCUT2D eigenvalue weighted by molar-refractivity contribution is 5.76. The SMILES string of the molecule is O=C(N1CC(OCc2ccc(OC(F)(F)F)cc2)C1)N1CC2(CC(c3n[nH]c(C4CC4)n3)C2)C1. The number of aromatic amines is 1. The van der Waals surface area contributed by atoms with E-state index in [0.717, 1.165) is 43.1 Å². The largest absolute Gasteiger partial charge is 0.573 e. The molecule has 34 heavy (non-hydrogen) atoms. The van der Waals surface area contributed by atoms with Crippen molar-refractivity contribution in [3.05, 3.63) is 41.5 Å². The number of H-pyrrole nitrogens is 1. The Morgan fingerprint density at radius 1 is 1.09 bits per heavy atom. The Bertz CT molecular complexity index is 1050. The maximum Gasteiger partial charge on any atom is 0.573 e. The van der Waals surface area contributed by atoms with Gasteiger partial charge >= 0.3 is 12.4 Å². The third-order valence-corrected chi connectivity index (χ3v) is 7.29. The summed E-state index contributed by atoms with van der Waals surface area (Å²) in [7, 11) is 0. The molecule has 6 rings (SSSR count). The summed E-state index contributed by atoms with van der Waals surface area (Å²) >= 11 is 0. The van der Waals surface area contributed by atoms with Crippen molar-refractivity contribution in [1.82, 2.24) is 25.0 Å². The van der Waals surface area contributed by atoms with E-state index in [1.165, 1.54) is 25.0 Å². The number of hydrogen-bond donors (Lipinski definition) is 1. The summed E-state index contributed by atoms with van der Waals surface area (Å²) in [6.45, 7) is 2.91. The van der Waals surface area contributed by atoms with E-state index in [9.17, 15) is 18.0 Å². The van der Waals surface area contributed by atoms with Crippen LogP contribution in [0.15, 0.2) is 24.3 Å². The Labute approximate surface area is 194 Å². The average Bonchev–Trinajstić information content (AvgIpc) is 3.43. The molecule has 2 aliphatic carbocycles. The van der Waals surface area contributed by atoms with Gasteiger partial charge < -0.3 is 19.3 Å². The van der Waals surface area contributed by atoms with Gasteiger partial charge in [0.2, 0.25) is 0 Å². The first-order chi connectivity index (χ1) is 16.3. The lowest BCUT2D eigenvalue weighted by atomic mass is 9.57. The van der Waals surface area contributed by atoms with Crippen LogP contribution in [0.5, 0.6) is 5.75 Å². The maximum absolute atomic E-state index is 12.7. The van der Waals surface area contributed by atoms with Gasteiger partial charge in [-0.1, -0.05) is 12.1 Å². The molecule has 182 valence electrons. The highest BCUT2D eigenvalue weighted by atomic mass is 19.4. The molecule has 2 aromatic rings. The number of ether oxygens (including phenoxy) is 2. The van der Waals surface area contributed by atoms with Gasteiger partial charge in [0, 0.05) is 30.3 Å². The van der Waals surface area contributed by atoms with Gasteiger partial charge in [-0.15, -0.1) is 13.2 Å². The number of carbonyl (C=O) groups is 1. The van der Waals surface area contributed by atoms with Gasteiger partial charge in [0.25, 0.3) is 0 Å². The fourth-order valence-electron chi connectivity index (χ4n) is 5.24. The summed E-state index contributed by atoms with van der Waals surface area (Å²) < 4.78 is 46.3. The first-order valence-corrected chi connectivity index (χ1v) is 11.7. The molecule has 4 aliphatic rings. The predicted molar refractivity (Wildman–Crippen MR) is 113 cm³/mol. The van der Waals surface area contributed by atoms with Crippen molar-refractivity contribution in [1.29, 1.82) is 0 Å². The molecule has 1 N–H and O–H groups in total. The highest BCUT2D eigenvalue weighted by Crippen LogP contribution is 2.55. The first-order valence-electron chi connectivity index (χ1n) is 11.7. The van der Waals surface area contributed by atoms with Crippen LogP contribution in [0, 0.1) is 5.41 Å².